The minimum Gasteiger partial charge on any atom is -0.330 e. The average Bonchev–Trinajstić information content (AvgIpc) is 2.97. The standard InChI is InChI=1S/C13H20N2/c1-9-3-4-11(10(2)7-9)12(15)13(8-14)5-6-13/h3-4,7,12H,5-6,8,14-15H2,1-2H3. The number of aryl methyl sites for hydroxylation is 2. The molecule has 15 heavy (non-hydrogen) atoms. The van der Waals surface area contributed by atoms with E-state index in [1.807, 2.05) is 0 Å². The summed E-state index contributed by atoms with van der Waals surface area (Å²) in [4.78, 5) is 0. The van der Waals surface area contributed by atoms with E-state index in [1.165, 1.54) is 29.5 Å². The maximum absolute atomic E-state index is 6.32. The van der Waals surface area contributed by atoms with Crippen LogP contribution in [-0.4, -0.2) is 6.54 Å². The van der Waals surface area contributed by atoms with Gasteiger partial charge in [0.1, 0.15) is 0 Å². The fourth-order valence-corrected chi connectivity index (χ4v) is 2.31. The smallest absolute Gasteiger partial charge is 0.0366 e. The summed E-state index contributed by atoms with van der Waals surface area (Å²) < 4.78 is 0. The van der Waals surface area contributed by atoms with E-state index in [0.29, 0.717) is 6.54 Å². The second-order valence-corrected chi connectivity index (χ2v) is 4.90. The summed E-state index contributed by atoms with van der Waals surface area (Å²) in [6, 6.07) is 6.60. The van der Waals surface area contributed by atoms with Crippen LogP contribution in [0.2, 0.25) is 0 Å². The second kappa shape index (κ2) is 3.62. The van der Waals surface area contributed by atoms with Gasteiger partial charge in [0.15, 0.2) is 0 Å². The summed E-state index contributed by atoms with van der Waals surface area (Å²) in [5.41, 5.74) is 16.2. The molecule has 2 nitrogen and oxygen atoms in total. The zero-order chi connectivity index (χ0) is 11.1. The molecular formula is C13H20N2. The normalized spacial score (nSPS) is 20.0. The summed E-state index contributed by atoms with van der Waals surface area (Å²) >= 11 is 0. The molecule has 1 fully saturated rings. The lowest BCUT2D eigenvalue weighted by atomic mass is 9.88. The number of rotatable bonds is 3. The molecule has 1 aromatic carbocycles. The molecule has 0 saturated heterocycles. The number of benzene rings is 1. The molecule has 0 heterocycles. The SMILES string of the molecule is Cc1ccc(C(N)C2(CN)CC2)c(C)c1. The highest BCUT2D eigenvalue weighted by Crippen LogP contribution is 2.53. The lowest BCUT2D eigenvalue weighted by Gasteiger charge is -2.23. The van der Waals surface area contributed by atoms with Crippen LogP contribution in [0.25, 0.3) is 0 Å². The molecule has 2 rings (SSSR count). The first-order valence-corrected chi connectivity index (χ1v) is 5.62. The highest BCUT2D eigenvalue weighted by atomic mass is 14.8. The molecule has 1 unspecified atom stereocenters. The van der Waals surface area contributed by atoms with Crippen LogP contribution >= 0.6 is 0 Å². The van der Waals surface area contributed by atoms with E-state index < -0.39 is 0 Å². The van der Waals surface area contributed by atoms with E-state index >= 15 is 0 Å². The predicted molar refractivity (Wildman–Crippen MR) is 63.6 cm³/mol. The number of nitrogens with two attached hydrogens (primary N) is 2. The van der Waals surface area contributed by atoms with Gasteiger partial charge in [-0.2, -0.15) is 0 Å². The Morgan fingerprint density at radius 2 is 2.00 bits per heavy atom. The van der Waals surface area contributed by atoms with Crippen molar-refractivity contribution in [1.29, 1.82) is 0 Å². The molecule has 2 heteroatoms. The maximum atomic E-state index is 6.32. The van der Waals surface area contributed by atoms with E-state index in [0.717, 1.165) is 0 Å². The Morgan fingerprint density at radius 1 is 1.33 bits per heavy atom. The van der Waals surface area contributed by atoms with Crippen molar-refractivity contribution in [2.75, 3.05) is 6.54 Å². The Bertz CT molecular complexity index is 367. The zero-order valence-electron chi connectivity index (χ0n) is 9.59. The predicted octanol–water partition coefficient (Wildman–Crippen LogP) is 2.04. The lowest BCUT2D eigenvalue weighted by molar-refractivity contribution is 0.418. The third-order valence-electron chi connectivity index (χ3n) is 3.72. The third-order valence-corrected chi connectivity index (χ3v) is 3.72. The summed E-state index contributed by atoms with van der Waals surface area (Å²) in [5, 5.41) is 0. The second-order valence-electron chi connectivity index (χ2n) is 4.90. The molecule has 0 amide bonds. The van der Waals surface area contributed by atoms with E-state index in [2.05, 4.69) is 32.0 Å². The molecule has 0 spiro atoms. The molecule has 0 aromatic heterocycles. The number of hydrogen-bond donors (Lipinski definition) is 2. The fourth-order valence-electron chi connectivity index (χ4n) is 2.31. The molecule has 0 radical (unpaired) electrons. The first kappa shape index (κ1) is 10.7. The van der Waals surface area contributed by atoms with Gasteiger partial charge in [0.05, 0.1) is 0 Å². The summed E-state index contributed by atoms with van der Waals surface area (Å²) in [6.45, 7) is 4.95. The Kier molecular flexibility index (Phi) is 2.57. The summed E-state index contributed by atoms with van der Waals surface area (Å²) in [5.74, 6) is 0. The van der Waals surface area contributed by atoms with Gasteiger partial charge in [-0.3, -0.25) is 0 Å². The summed E-state index contributed by atoms with van der Waals surface area (Å²) in [6.07, 6.45) is 2.36. The van der Waals surface area contributed by atoms with Gasteiger partial charge in [-0.15, -0.1) is 0 Å². The van der Waals surface area contributed by atoms with E-state index in [-0.39, 0.29) is 11.5 Å². The maximum Gasteiger partial charge on any atom is 0.0366 e. The highest BCUT2D eigenvalue weighted by molar-refractivity contribution is 5.35. The van der Waals surface area contributed by atoms with Crippen LogP contribution in [-0.2, 0) is 0 Å². The minimum atomic E-state index is 0.114. The van der Waals surface area contributed by atoms with Gasteiger partial charge in [0.2, 0.25) is 0 Å². The fraction of sp³-hybridized carbons (Fsp3) is 0.538. The van der Waals surface area contributed by atoms with Gasteiger partial charge < -0.3 is 11.5 Å². The van der Waals surface area contributed by atoms with Crippen molar-refractivity contribution in [3.8, 4) is 0 Å². The van der Waals surface area contributed by atoms with Crippen molar-refractivity contribution in [2.24, 2.45) is 16.9 Å². The molecule has 1 aromatic rings. The molecule has 1 aliphatic rings. The van der Waals surface area contributed by atoms with Crippen molar-refractivity contribution < 1.29 is 0 Å². The van der Waals surface area contributed by atoms with E-state index in [9.17, 15) is 0 Å². The molecule has 4 N–H and O–H groups in total. The molecule has 1 aliphatic carbocycles. The Morgan fingerprint density at radius 3 is 2.47 bits per heavy atom. The average molecular weight is 204 g/mol. The Balaban J connectivity index is 2.29. The number of hydrogen-bond acceptors (Lipinski definition) is 2. The van der Waals surface area contributed by atoms with Crippen molar-refractivity contribution in [1.82, 2.24) is 0 Å². The largest absolute Gasteiger partial charge is 0.330 e. The van der Waals surface area contributed by atoms with Crippen LogP contribution in [0.5, 0.6) is 0 Å². The quantitative estimate of drug-likeness (QED) is 0.791. The van der Waals surface area contributed by atoms with E-state index in [1.54, 1.807) is 0 Å². The minimum absolute atomic E-state index is 0.114. The zero-order valence-corrected chi connectivity index (χ0v) is 9.59. The van der Waals surface area contributed by atoms with Crippen LogP contribution in [0.4, 0.5) is 0 Å². The van der Waals surface area contributed by atoms with Crippen molar-refractivity contribution in [3.05, 3.63) is 34.9 Å². The van der Waals surface area contributed by atoms with Gasteiger partial charge in [0, 0.05) is 11.5 Å². The van der Waals surface area contributed by atoms with Crippen LogP contribution in [0.3, 0.4) is 0 Å². The first-order valence-electron chi connectivity index (χ1n) is 5.62. The van der Waals surface area contributed by atoms with Gasteiger partial charge in [0.25, 0.3) is 0 Å². The molecule has 0 aliphatic heterocycles. The third kappa shape index (κ3) is 1.80. The molecule has 1 atom stereocenters. The van der Waals surface area contributed by atoms with Crippen LogP contribution in [0.1, 0.15) is 35.6 Å². The Hall–Kier alpha value is -0.860. The van der Waals surface area contributed by atoms with E-state index in [4.69, 9.17) is 11.5 Å². The molecule has 0 bridgehead atoms. The first-order chi connectivity index (χ1) is 7.09. The van der Waals surface area contributed by atoms with Crippen LogP contribution in [0, 0.1) is 19.3 Å². The molecular weight excluding hydrogens is 184 g/mol. The topological polar surface area (TPSA) is 52.0 Å². The molecule has 82 valence electrons. The van der Waals surface area contributed by atoms with Crippen molar-refractivity contribution in [3.63, 3.8) is 0 Å². The van der Waals surface area contributed by atoms with Gasteiger partial charge in [-0.1, -0.05) is 23.8 Å². The van der Waals surface area contributed by atoms with Crippen LogP contribution in [0.15, 0.2) is 18.2 Å². The highest BCUT2D eigenvalue weighted by Gasteiger charge is 2.47. The monoisotopic (exact) mass is 204 g/mol. The van der Waals surface area contributed by atoms with Gasteiger partial charge in [-0.05, 0) is 44.4 Å². The Labute approximate surface area is 91.7 Å². The molecule has 1 saturated carbocycles. The summed E-state index contributed by atoms with van der Waals surface area (Å²) in [7, 11) is 0. The van der Waals surface area contributed by atoms with Gasteiger partial charge in [-0.25, -0.2) is 0 Å². The van der Waals surface area contributed by atoms with Gasteiger partial charge >= 0.3 is 0 Å². The lowest BCUT2D eigenvalue weighted by Crippen LogP contribution is -2.30. The van der Waals surface area contributed by atoms with Crippen molar-refractivity contribution >= 4 is 0 Å². The van der Waals surface area contributed by atoms with Crippen molar-refractivity contribution in [2.45, 2.75) is 32.7 Å². The van der Waals surface area contributed by atoms with Crippen LogP contribution < -0.4 is 11.5 Å².